The molecule has 0 aliphatic carbocycles. The quantitative estimate of drug-likeness (QED) is 0.424. The summed E-state index contributed by atoms with van der Waals surface area (Å²) in [7, 11) is 0. The van der Waals surface area contributed by atoms with Crippen molar-refractivity contribution in [1.82, 2.24) is 18.9 Å². The van der Waals surface area contributed by atoms with Crippen LogP contribution in [0.3, 0.4) is 0 Å². The number of fused-ring (bicyclic) bond motifs is 1. The summed E-state index contributed by atoms with van der Waals surface area (Å²) in [6, 6.07) is 8.06. The van der Waals surface area contributed by atoms with E-state index in [2.05, 4.69) is 21.4 Å². The molecule has 4 aromatic rings. The normalized spacial score (nSPS) is 11.0. The first-order chi connectivity index (χ1) is 12.2. The first-order valence-electron chi connectivity index (χ1n) is 7.58. The number of benzene rings is 1. The van der Waals surface area contributed by atoms with E-state index >= 15 is 0 Å². The lowest BCUT2D eigenvalue weighted by Gasteiger charge is -2.07. The average molecular weight is 354 g/mol. The molecule has 0 aliphatic heterocycles. The summed E-state index contributed by atoms with van der Waals surface area (Å²) >= 11 is 1.36. The predicted molar refractivity (Wildman–Crippen MR) is 94.8 cm³/mol. The molecule has 0 bridgehead atoms. The molecule has 4 rings (SSSR count). The molecule has 9 heteroatoms. The van der Waals surface area contributed by atoms with Gasteiger partial charge in [-0.25, -0.2) is 4.98 Å². The monoisotopic (exact) mass is 354 g/mol. The minimum Gasteiger partial charge on any atom is -0.359 e. The number of nitrogens with one attached hydrogen (secondary N) is 1. The van der Waals surface area contributed by atoms with E-state index in [-0.39, 0.29) is 11.6 Å². The lowest BCUT2D eigenvalue weighted by Crippen LogP contribution is -2.04. The molecule has 126 valence electrons. The SMILES string of the molecule is O=[N+]([O-])c1c(NCc2cccc(Cn3ccnc3)c2)nc2sccn12. The molecule has 3 aromatic heterocycles. The highest BCUT2D eigenvalue weighted by Gasteiger charge is 2.23. The van der Waals surface area contributed by atoms with E-state index in [0.29, 0.717) is 11.5 Å². The Bertz CT molecular complexity index is 1020. The summed E-state index contributed by atoms with van der Waals surface area (Å²) in [5.74, 6) is 0.252. The van der Waals surface area contributed by atoms with Gasteiger partial charge in [0.15, 0.2) is 0 Å². The lowest BCUT2D eigenvalue weighted by molar-refractivity contribution is -0.389. The number of imidazole rings is 2. The second-order valence-electron chi connectivity index (χ2n) is 5.51. The van der Waals surface area contributed by atoms with Crippen molar-refractivity contribution in [1.29, 1.82) is 0 Å². The Morgan fingerprint density at radius 1 is 1.28 bits per heavy atom. The van der Waals surface area contributed by atoms with Gasteiger partial charge in [-0.2, -0.15) is 9.38 Å². The second kappa shape index (κ2) is 6.36. The Morgan fingerprint density at radius 2 is 2.16 bits per heavy atom. The Balaban J connectivity index is 1.52. The van der Waals surface area contributed by atoms with Gasteiger partial charge in [-0.15, -0.1) is 0 Å². The van der Waals surface area contributed by atoms with Crippen LogP contribution in [0.1, 0.15) is 11.1 Å². The van der Waals surface area contributed by atoms with E-state index in [9.17, 15) is 10.1 Å². The fourth-order valence-corrected chi connectivity index (χ4v) is 3.39. The van der Waals surface area contributed by atoms with Gasteiger partial charge in [-0.05, 0) is 16.1 Å². The predicted octanol–water partition coefficient (Wildman–Crippen LogP) is 3.16. The van der Waals surface area contributed by atoms with Gasteiger partial charge >= 0.3 is 5.82 Å². The summed E-state index contributed by atoms with van der Waals surface area (Å²) in [6.45, 7) is 1.19. The van der Waals surface area contributed by atoms with Gasteiger partial charge in [0.05, 0.1) is 6.33 Å². The molecule has 0 radical (unpaired) electrons. The molecule has 25 heavy (non-hydrogen) atoms. The van der Waals surface area contributed by atoms with E-state index in [1.165, 1.54) is 15.7 Å². The topological polar surface area (TPSA) is 90.3 Å². The number of rotatable bonds is 6. The number of thiazole rings is 1. The molecule has 1 aromatic carbocycles. The van der Waals surface area contributed by atoms with Crippen molar-refractivity contribution in [3.63, 3.8) is 0 Å². The highest BCUT2D eigenvalue weighted by Crippen LogP contribution is 2.28. The largest absolute Gasteiger partial charge is 0.372 e. The van der Waals surface area contributed by atoms with Crippen LogP contribution in [0.25, 0.3) is 4.96 Å². The van der Waals surface area contributed by atoms with E-state index in [4.69, 9.17) is 0 Å². The van der Waals surface area contributed by atoms with Crippen LogP contribution in [0, 0.1) is 10.1 Å². The zero-order valence-corrected chi connectivity index (χ0v) is 13.9. The van der Waals surface area contributed by atoms with Gasteiger partial charge in [0.1, 0.15) is 6.20 Å². The van der Waals surface area contributed by atoms with Crippen molar-refractivity contribution in [2.45, 2.75) is 13.1 Å². The van der Waals surface area contributed by atoms with Crippen LogP contribution in [0.4, 0.5) is 11.6 Å². The standard InChI is InChI=1S/C16H14N6O2S/c23-22(24)15-14(19-16-21(15)6-7-25-16)18-9-12-2-1-3-13(8-12)10-20-5-4-17-11-20/h1-8,11,18H,9-10H2. The van der Waals surface area contributed by atoms with E-state index in [1.807, 2.05) is 29.0 Å². The van der Waals surface area contributed by atoms with Gasteiger partial charge in [0.25, 0.3) is 4.96 Å². The molecule has 0 aliphatic rings. The van der Waals surface area contributed by atoms with E-state index in [0.717, 1.165) is 17.7 Å². The van der Waals surface area contributed by atoms with Crippen LogP contribution in [-0.2, 0) is 13.1 Å². The minimum absolute atomic E-state index is 0.0363. The molecular formula is C16H14N6O2S. The van der Waals surface area contributed by atoms with Crippen molar-refractivity contribution in [2.75, 3.05) is 5.32 Å². The van der Waals surface area contributed by atoms with Crippen LogP contribution in [0.15, 0.2) is 54.6 Å². The van der Waals surface area contributed by atoms with Crippen molar-refractivity contribution in [3.8, 4) is 0 Å². The summed E-state index contributed by atoms with van der Waals surface area (Å²) in [5.41, 5.74) is 2.17. The van der Waals surface area contributed by atoms with Crippen LogP contribution >= 0.6 is 11.3 Å². The Labute approximate surface area is 146 Å². The van der Waals surface area contributed by atoms with E-state index in [1.54, 1.807) is 24.1 Å². The number of nitro groups is 1. The van der Waals surface area contributed by atoms with Crippen LogP contribution in [-0.4, -0.2) is 23.9 Å². The molecule has 0 saturated carbocycles. The van der Waals surface area contributed by atoms with Crippen molar-refractivity contribution in [3.05, 3.63) is 75.8 Å². The number of anilines is 1. The zero-order chi connectivity index (χ0) is 17.2. The summed E-state index contributed by atoms with van der Waals surface area (Å²) < 4.78 is 3.48. The highest BCUT2D eigenvalue weighted by atomic mass is 32.1. The molecule has 0 fully saturated rings. The lowest BCUT2D eigenvalue weighted by atomic mass is 10.1. The fraction of sp³-hybridized carbons (Fsp3) is 0.125. The number of nitrogens with zero attached hydrogens (tertiary/aromatic N) is 5. The first kappa shape index (κ1) is 15.3. The van der Waals surface area contributed by atoms with Crippen LogP contribution in [0.2, 0.25) is 0 Å². The summed E-state index contributed by atoms with van der Waals surface area (Å²) in [6.07, 6.45) is 7.08. The fourth-order valence-electron chi connectivity index (χ4n) is 2.68. The molecule has 3 heterocycles. The molecule has 0 unspecified atom stereocenters. The maximum Gasteiger partial charge on any atom is 0.372 e. The van der Waals surface area contributed by atoms with Gasteiger partial charge in [0.2, 0.25) is 5.82 Å². The van der Waals surface area contributed by atoms with Crippen molar-refractivity contribution >= 4 is 27.9 Å². The van der Waals surface area contributed by atoms with Gasteiger partial charge in [-0.3, -0.25) is 0 Å². The number of hydrogen-bond acceptors (Lipinski definition) is 6. The van der Waals surface area contributed by atoms with Crippen molar-refractivity contribution in [2.24, 2.45) is 0 Å². The summed E-state index contributed by atoms with van der Waals surface area (Å²) in [4.78, 5) is 19.9. The maximum absolute atomic E-state index is 11.3. The first-order valence-corrected chi connectivity index (χ1v) is 8.46. The summed E-state index contributed by atoms with van der Waals surface area (Å²) in [5, 5.41) is 16.2. The molecule has 0 atom stereocenters. The zero-order valence-electron chi connectivity index (χ0n) is 13.1. The molecule has 0 amide bonds. The third-order valence-corrected chi connectivity index (χ3v) is 4.54. The number of aromatic nitrogens is 4. The molecule has 8 nitrogen and oxygen atoms in total. The Hall–Kier alpha value is -3.20. The molecule has 0 spiro atoms. The smallest absolute Gasteiger partial charge is 0.359 e. The molecule has 1 N–H and O–H groups in total. The van der Waals surface area contributed by atoms with Crippen molar-refractivity contribution < 1.29 is 4.92 Å². The van der Waals surface area contributed by atoms with Gasteiger partial charge < -0.3 is 20.0 Å². The van der Waals surface area contributed by atoms with Crippen LogP contribution < -0.4 is 5.32 Å². The maximum atomic E-state index is 11.3. The van der Waals surface area contributed by atoms with Gasteiger partial charge in [0, 0.05) is 30.9 Å². The third-order valence-electron chi connectivity index (χ3n) is 3.79. The van der Waals surface area contributed by atoms with E-state index < -0.39 is 4.92 Å². The second-order valence-corrected chi connectivity index (χ2v) is 6.38. The Morgan fingerprint density at radius 3 is 2.96 bits per heavy atom. The van der Waals surface area contributed by atoms with Crippen LogP contribution in [0.5, 0.6) is 0 Å². The number of hydrogen-bond donors (Lipinski definition) is 1. The molecular weight excluding hydrogens is 340 g/mol. The highest BCUT2D eigenvalue weighted by molar-refractivity contribution is 7.15. The van der Waals surface area contributed by atoms with Gasteiger partial charge in [-0.1, -0.05) is 35.6 Å². The average Bonchev–Trinajstić information content (AvgIpc) is 3.29. The molecule has 0 saturated heterocycles. The minimum atomic E-state index is -0.412. The third kappa shape index (κ3) is 3.09. The Kier molecular flexibility index (Phi) is 3.90.